The SMILES string of the molecule is Cc1ccc(-c2ccc(-c3cccc(I)c3I)cc2)c(I)c1. The topological polar surface area (TPSA) is 0 Å². The molecule has 0 fully saturated rings. The van der Waals surface area contributed by atoms with Crippen LogP contribution in [0, 0.1) is 17.6 Å². The lowest BCUT2D eigenvalue weighted by Crippen LogP contribution is -1.88. The summed E-state index contributed by atoms with van der Waals surface area (Å²) in [5.74, 6) is 0. The number of hydrogen-bond donors (Lipinski definition) is 0. The maximum absolute atomic E-state index is 2.43. The number of aryl methyl sites for hydroxylation is 1. The molecule has 0 N–H and O–H groups in total. The standard InChI is InChI=1S/C19H13I3/c1-12-5-10-15(18(21)11-12)13-6-8-14(9-7-13)16-3-2-4-17(20)19(16)22/h2-11H,1H3. The van der Waals surface area contributed by atoms with E-state index in [1.165, 1.54) is 38.5 Å². The Kier molecular flexibility index (Phi) is 5.44. The first-order valence-electron chi connectivity index (χ1n) is 6.87. The minimum Gasteiger partial charge on any atom is -0.0605 e. The van der Waals surface area contributed by atoms with Crippen molar-refractivity contribution < 1.29 is 0 Å². The molecule has 110 valence electrons. The van der Waals surface area contributed by atoms with Gasteiger partial charge in [0.1, 0.15) is 0 Å². The highest BCUT2D eigenvalue weighted by Crippen LogP contribution is 2.31. The van der Waals surface area contributed by atoms with E-state index in [-0.39, 0.29) is 0 Å². The van der Waals surface area contributed by atoms with E-state index >= 15 is 0 Å². The van der Waals surface area contributed by atoms with Gasteiger partial charge < -0.3 is 0 Å². The Bertz CT molecular complexity index is 821. The summed E-state index contributed by atoms with van der Waals surface area (Å²) in [6.45, 7) is 2.13. The van der Waals surface area contributed by atoms with Gasteiger partial charge >= 0.3 is 0 Å². The van der Waals surface area contributed by atoms with Crippen molar-refractivity contribution in [2.45, 2.75) is 6.92 Å². The van der Waals surface area contributed by atoms with Gasteiger partial charge in [-0.3, -0.25) is 0 Å². The molecule has 0 atom stereocenters. The Morgan fingerprint density at radius 1 is 0.636 bits per heavy atom. The minimum atomic E-state index is 1.27. The molecule has 0 spiro atoms. The highest BCUT2D eigenvalue weighted by Gasteiger charge is 2.07. The van der Waals surface area contributed by atoms with Crippen molar-refractivity contribution in [3.63, 3.8) is 0 Å². The van der Waals surface area contributed by atoms with Gasteiger partial charge in [0.15, 0.2) is 0 Å². The predicted molar refractivity (Wildman–Crippen MR) is 120 cm³/mol. The van der Waals surface area contributed by atoms with E-state index in [1.807, 2.05) is 0 Å². The summed E-state index contributed by atoms with van der Waals surface area (Å²) in [4.78, 5) is 0. The zero-order chi connectivity index (χ0) is 15.7. The van der Waals surface area contributed by atoms with Gasteiger partial charge in [-0.1, -0.05) is 54.1 Å². The molecule has 0 unspecified atom stereocenters. The maximum atomic E-state index is 2.43. The first kappa shape index (κ1) is 16.7. The molecule has 0 radical (unpaired) electrons. The molecular weight excluding hydrogens is 609 g/mol. The fraction of sp³-hybridized carbons (Fsp3) is 0.0526. The molecule has 0 nitrogen and oxygen atoms in total. The summed E-state index contributed by atoms with van der Waals surface area (Å²) < 4.78 is 3.92. The second-order valence-electron chi connectivity index (χ2n) is 5.16. The van der Waals surface area contributed by atoms with Crippen molar-refractivity contribution in [3.05, 3.63) is 76.9 Å². The van der Waals surface area contributed by atoms with Gasteiger partial charge in [0.25, 0.3) is 0 Å². The number of halogens is 3. The summed E-state index contributed by atoms with van der Waals surface area (Å²) in [7, 11) is 0. The van der Waals surface area contributed by atoms with Crippen molar-refractivity contribution >= 4 is 67.8 Å². The van der Waals surface area contributed by atoms with Crippen LogP contribution in [0.4, 0.5) is 0 Å². The molecule has 0 amide bonds. The molecule has 3 heteroatoms. The third-order valence-electron chi connectivity index (χ3n) is 3.58. The molecule has 3 aromatic carbocycles. The molecule has 3 aromatic rings. The van der Waals surface area contributed by atoms with E-state index in [9.17, 15) is 0 Å². The van der Waals surface area contributed by atoms with Crippen LogP contribution in [-0.4, -0.2) is 0 Å². The van der Waals surface area contributed by atoms with Crippen molar-refractivity contribution in [1.82, 2.24) is 0 Å². The van der Waals surface area contributed by atoms with Crippen LogP contribution in [0.2, 0.25) is 0 Å². The highest BCUT2D eigenvalue weighted by molar-refractivity contribution is 14.1. The third-order valence-corrected chi connectivity index (χ3v) is 7.57. The lowest BCUT2D eigenvalue weighted by molar-refractivity contribution is 1.44. The molecule has 0 bridgehead atoms. The van der Waals surface area contributed by atoms with Crippen molar-refractivity contribution in [3.8, 4) is 22.3 Å². The molecule has 0 aromatic heterocycles. The van der Waals surface area contributed by atoms with Crippen LogP contribution >= 0.6 is 67.8 Å². The average molecular weight is 622 g/mol. The predicted octanol–water partition coefficient (Wildman–Crippen LogP) is 7.14. The molecule has 0 heterocycles. The largest absolute Gasteiger partial charge is 0.0605 e. The van der Waals surface area contributed by atoms with Crippen LogP contribution in [0.3, 0.4) is 0 Å². The van der Waals surface area contributed by atoms with E-state index in [2.05, 4.69) is 135 Å². The lowest BCUT2D eigenvalue weighted by Gasteiger charge is -2.09. The Balaban J connectivity index is 2.01. The number of hydrogen-bond acceptors (Lipinski definition) is 0. The zero-order valence-corrected chi connectivity index (χ0v) is 18.4. The minimum absolute atomic E-state index is 1.27. The van der Waals surface area contributed by atoms with Gasteiger partial charge in [0, 0.05) is 10.7 Å². The smallest absolute Gasteiger partial charge is 0.0342 e. The second kappa shape index (κ2) is 7.17. The van der Waals surface area contributed by atoms with E-state index in [1.54, 1.807) is 0 Å². The third kappa shape index (κ3) is 3.51. The molecule has 0 aliphatic heterocycles. The number of rotatable bonds is 2. The fourth-order valence-corrected chi connectivity index (χ4v) is 4.56. The average Bonchev–Trinajstić information content (AvgIpc) is 2.50. The van der Waals surface area contributed by atoms with E-state index < -0.39 is 0 Å². The van der Waals surface area contributed by atoms with Gasteiger partial charge in [0.2, 0.25) is 0 Å². The normalized spacial score (nSPS) is 10.7. The molecule has 0 aliphatic rings. The summed E-state index contributed by atoms with van der Waals surface area (Å²) in [5.41, 5.74) is 6.45. The quantitative estimate of drug-likeness (QED) is 0.267. The molecular formula is C19H13I3. The van der Waals surface area contributed by atoms with Crippen LogP contribution in [0.5, 0.6) is 0 Å². The van der Waals surface area contributed by atoms with Gasteiger partial charge in [0.05, 0.1) is 0 Å². The highest BCUT2D eigenvalue weighted by atomic mass is 127. The van der Waals surface area contributed by atoms with Crippen LogP contribution in [-0.2, 0) is 0 Å². The molecule has 0 saturated carbocycles. The van der Waals surface area contributed by atoms with Gasteiger partial charge in [-0.15, -0.1) is 0 Å². The van der Waals surface area contributed by atoms with Crippen molar-refractivity contribution in [1.29, 1.82) is 0 Å². The van der Waals surface area contributed by atoms with E-state index in [4.69, 9.17) is 0 Å². The molecule has 22 heavy (non-hydrogen) atoms. The van der Waals surface area contributed by atoms with Crippen LogP contribution in [0.25, 0.3) is 22.3 Å². The van der Waals surface area contributed by atoms with Crippen LogP contribution in [0.15, 0.2) is 60.7 Å². The Morgan fingerprint density at radius 2 is 1.27 bits per heavy atom. The summed E-state index contributed by atoms with van der Waals surface area (Å²) >= 11 is 7.24. The summed E-state index contributed by atoms with van der Waals surface area (Å²) in [5, 5.41) is 0. The maximum Gasteiger partial charge on any atom is 0.0342 e. The van der Waals surface area contributed by atoms with Crippen molar-refractivity contribution in [2.24, 2.45) is 0 Å². The summed E-state index contributed by atoms with van der Waals surface area (Å²) in [6.07, 6.45) is 0. The van der Waals surface area contributed by atoms with E-state index in [0.29, 0.717) is 0 Å². The first-order valence-corrected chi connectivity index (χ1v) is 10.1. The van der Waals surface area contributed by atoms with Crippen molar-refractivity contribution in [2.75, 3.05) is 0 Å². The van der Waals surface area contributed by atoms with Gasteiger partial charge in [-0.25, -0.2) is 0 Å². The lowest BCUT2D eigenvalue weighted by atomic mass is 10.00. The first-order chi connectivity index (χ1) is 10.6. The molecule has 0 saturated heterocycles. The molecule has 3 rings (SSSR count). The van der Waals surface area contributed by atoms with Gasteiger partial charge in [-0.05, 0) is 109 Å². The Hall–Kier alpha value is -0.150. The number of benzene rings is 3. The monoisotopic (exact) mass is 622 g/mol. The van der Waals surface area contributed by atoms with Crippen LogP contribution in [0.1, 0.15) is 5.56 Å². The molecule has 0 aliphatic carbocycles. The second-order valence-corrected chi connectivity index (χ2v) is 8.57. The van der Waals surface area contributed by atoms with Gasteiger partial charge in [-0.2, -0.15) is 0 Å². The zero-order valence-electron chi connectivity index (χ0n) is 11.9. The Labute approximate surface area is 172 Å². The van der Waals surface area contributed by atoms with Crippen LogP contribution < -0.4 is 0 Å². The fourth-order valence-electron chi connectivity index (χ4n) is 2.41. The summed E-state index contributed by atoms with van der Waals surface area (Å²) in [6, 6.07) is 22.0. The Morgan fingerprint density at radius 3 is 1.91 bits per heavy atom. The van der Waals surface area contributed by atoms with E-state index in [0.717, 1.165) is 0 Å².